The average molecular weight is 688 g/mol. The fourth-order valence-corrected chi connectivity index (χ4v) is 9.42. The molecule has 6 aromatic carbocycles. The zero-order valence-electron chi connectivity index (χ0n) is 29.1. The topological polar surface area (TPSA) is 25.2 Å². The van der Waals surface area contributed by atoms with Crippen molar-refractivity contribution in [2.24, 2.45) is 0 Å². The van der Waals surface area contributed by atoms with Gasteiger partial charge in [0.25, 0.3) is 0 Å². The van der Waals surface area contributed by atoms with Crippen LogP contribution in [0.25, 0.3) is 69.9 Å². The summed E-state index contributed by atoms with van der Waals surface area (Å²) in [6.07, 6.45) is 15.9. The van der Waals surface area contributed by atoms with E-state index in [1.165, 1.54) is 70.3 Å². The summed E-state index contributed by atoms with van der Waals surface area (Å²) in [4.78, 5) is 0. The monoisotopic (exact) mass is 687 g/mol. The molecule has 10 rings (SSSR count). The average Bonchev–Trinajstić information content (AvgIpc) is 3.78. The predicted molar refractivity (Wildman–Crippen MR) is 224 cm³/mol. The minimum Gasteiger partial charge on any atom is -0.456 e. The summed E-state index contributed by atoms with van der Waals surface area (Å²) in [7, 11) is 0. The molecule has 2 aromatic heterocycles. The van der Waals surface area contributed by atoms with Crippen LogP contribution in [0.4, 0.5) is 11.4 Å². The van der Waals surface area contributed by atoms with Crippen molar-refractivity contribution in [3.8, 4) is 22.3 Å². The van der Waals surface area contributed by atoms with Crippen molar-refractivity contribution in [3.05, 3.63) is 174 Å². The molecule has 0 unspecified atom stereocenters. The first-order valence-corrected chi connectivity index (χ1v) is 19.1. The van der Waals surface area contributed by atoms with Gasteiger partial charge in [0.15, 0.2) is 0 Å². The molecule has 0 fully saturated rings. The van der Waals surface area contributed by atoms with Crippen LogP contribution in [0.3, 0.4) is 0 Å². The first-order chi connectivity index (χ1) is 25.7. The minimum absolute atomic E-state index is 0.883. The molecular formula is C49H37NOS. The van der Waals surface area contributed by atoms with Crippen LogP contribution in [0.5, 0.6) is 0 Å². The molecule has 0 aliphatic heterocycles. The molecule has 8 aromatic rings. The van der Waals surface area contributed by atoms with Crippen LogP contribution in [0.1, 0.15) is 36.8 Å². The van der Waals surface area contributed by atoms with Crippen LogP contribution in [0.2, 0.25) is 0 Å². The molecule has 2 aliphatic rings. The number of anilines is 2. The fraction of sp³-hybridized carbons (Fsp3) is 0.102. The molecule has 2 heterocycles. The Balaban J connectivity index is 0.994. The summed E-state index contributed by atoms with van der Waals surface area (Å²) in [5.41, 5.74) is 15.8. The van der Waals surface area contributed by atoms with Gasteiger partial charge < -0.3 is 9.73 Å². The first kappa shape index (κ1) is 30.9. The second-order valence-corrected chi connectivity index (χ2v) is 15.1. The molecule has 1 N–H and O–H groups in total. The lowest BCUT2D eigenvalue weighted by atomic mass is 9.84. The minimum atomic E-state index is 0.883. The Morgan fingerprint density at radius 2 is 1.27 bits per heavy atom. The van der Waals surface area contributed by atoms with Crippen molar-refractivity contribution in [2.75, 3.05) is 5.32 Å². The van der Waals surface area contributed by atoms with Gasteiger partial charge in [0.05, 0.1) is 11.1 Å². The summed E-state index contributed by atoms with van der Waals surface area (Å²) >= 11 is 1.86. The molecule has 2 aliphatic carbocycles. The summed E-state index contributed by atoms with van der Waals surface area (Å²) < 4.78 is 9.17. The van der Waals surface area contributed by atoms with E-state index in [2.05, 4.69) is 164 Å². The molecule has 250 valence electrons. The van der Waals surface area contributed by atoms with Gasteiger partial charge in [-0.1, -0.05) is 109 Å². The lowest BCUT2D eigenvalue weighted by Crippen LogP contribution is -2.00. The third-order valence-corrected chi connectivity index (χ3v) is 12.1. The van der Waals surface area contributed by atoms with Gasteiger partial charge >= 0.3 is 0 Å². The summed E-state index contributed by atoms with van der Waals surface area (Å²) in [6, 6.07) is 43.8. The van der Waals surface area contributed by atoms with E-state index in [0.717, 1.165) is 59.0 Å². The fourth-order valence-electron chi connectivity index (χ4n) is 8.28. The lowest BCUT2D eigenvalue weighted by Gasteiger charge is -2.21. The Morgan fingerprint density at radius 1 is 0.558 bits per heavy atom. The van der Waals surface area contributed by atoms with Gasteiger partial charge in [-0.2, -0.15) is 0 Å². The van der Waals surface area contributed by atoms with E-state index >= 15 is 0 Å². The Morgan fingerprint density at radius 3 is 2.12 bits per heavy atom. The summed E-state index contributed by atoms with van der Waals surface area (Å²) in [5, 5.41) is 8.67. The normalized spacial score (nSPS) is 14.6. The smallest absolute Gasteiger partial charge is 0.137 e. The largest absolute Gasteiger partial charge is 0.456 e. The highest BCUT2D eigenvalue weighted by Crippen LogP contribution is 2.44. The van der Waals surface area contributed by atoms with E-state index in [9.17, 15) is 0 Å². The highest BCUT2D eigenvalue weighted by Gasteiger charge is 2.20. The van der Waals surface area contributed by atoms with E-state index in [-0.39, 0.29) is 0 Å². The SMILES string of the molecule is Cc1c(C2=CC=C(C3=CC=CCC3)CC2)cccc1-c1cccc2oc3cccc(Nc4ccc(-c5ccc6c(c5)sc5ccccc56)cc4)c3c12. The van der Waals surface area contributed by atoms with Crippen molar-refractivity contribution in [1.29, 1.82) is 0 Å². The molecule has 0 amide bonds. The number of allylic oxidation sites excluding steroid dienone is 8. The molecule has 0 spiro atoms. The predicted octanol–water partition coefficient (Wildman–Crippen LogP) is 14.7. The Hall–Kier alpha value is -5.90. The second-order valence-electron chi connectivity index (χ2n) is 14.0. The second kappa shape index (κ2) is 12.7. The molecule has 0 atom stereocenters. The molecule has 0 bridgehead atoms. The molecular weight excluding hydrogens is 651 g/mol. The van der Waals surface area contributed by atoms with Gasteiger partial charge in [-0.3, -0.25) is 0 Å². The number of hydrogen-bond donors (Lipinski definition) is 1. The van der Waals surface area contributed by atoms with Crippen LogP contribution in [-0.2, 0) is 0 Å². The van der Waals surface area contributed by atoms with E-state index in [0.29, 0.717) is 0 Å². The van der Waals surface area contributed by atoms with Crippen LogP contribution >= 0.6 is 11.3 Å². The number of furan rings is 1. The third-order valence-electron chi connectivity index (χ3n) is 10.9. The Bertz CT molecular complexity index is 2820. The number of hydrogen-bond acceptors (Lipinski definition) is 3. The molecule has 0 saturated heterocycles. The van der Waals surface area contributed by atoms with E-state index < -0.39 is 0 Å². The van der Waals surface area contributed by atoms with Crippen molar-refractivity contribution < 1.29 is 4.42 Å². The van der Waals surface area contributed by atoms with Crippen molar-refractivity contribution in [3.63, 3.8) is 0 Å². The number of nitrogens with one attached hydrogen (secondary N) is 1. The molecule has 3 heteroatoms. The standard InChI is InChI=1S/C49H37NOS/c1-31-38(35-22-20-33(21-23-35)32-10-3-2-4-11-32)13-7-14-39(31)42-15-8-17-44-48(42)49-43(16-9-18-45(49)51-44)50-37-27-24-34(25-28-37)36-26-29-41-40-12-5-6-19-46(40)52-47(41)30-36/h2-3,5-10,12-20,22,24-30,50H,4,11,21,23H2,1H3. The summed E-state index contributed by atoms with van der Waals surface area (Å²) in [5.74, 6) is 0. The van der Waals surface area contributed by atoms with Crippen LogP contribution in [-0.4, -0.2) is 0 Å². The number of rotatable bonds is 6. The van der Waals surface area contributed by atoms with Crippen LogP contribution in [0.15, 0.2) is 167 Å². The van der Waals surface area contributed by atoms with Crippen molar-refractivity contribution in [1.82, 2.24) is 0 Å². The molecule has 52 heavy (non-hydrogen) atoms. The van der Waals surface area contributed by atoms with Crippen LogP contribution < -0.4 is 5.32 Å². The van der Waals surface area contributed by atoms with Crippen LogP contribution in [0, 0.1) is 6.92 Å². The summed E-state index contributed by atoms with van der Waals surface area (Å²) in [6.45, 7) is 2.28. The van der Waals surface area contributed by atoms with Gasteiger partial charge in [-0.15, -0.1) is 11.3 Å². The maximum absolute atomic E-state index is 6.51. The van der Waals surface area contributed by atoms with Gasteiger partial charge in [0.1, 0.15) is 11.2 Å². The quantitative estimate of drug-likeness (QED) is 0.188. The van der Waals surface area contributed by atoms with Gasteiger partial charge in [-0.05, 0) is 125 Å². The van der Waals surface area contributed by atoms with E-state index in [1.54, 1.807) is 0 Å². The van der Waals surface area contributed by atoms with Crippen molar-refractivity contribution in [2.45, 2.75) is 32.6 Å². The number of benzene rings is 6. The Kier molecular flexibility index (Phi) is 7.54. The molecule has 0 radical (unpaired) electrons. The van der Waals surface area contributed by atoms with E-state index in [4.69, 9.17) is 4.42 Å². The zero-order valence-corrected chi connectivity index (χ0v) is 29.9. The Labute approximate surface area is 307 Å². The van der Waals surface area contributed by atoms with Gasteiger partial charge in [-0.25, -0.2) is 0 Å². The maximum atomic E-state index is 6.51. The first-order valence-electron chi connectivity index (χ1n) is 18.3. The highest BCUT2D eigenvalue weighted by molar-refractivity contribution is 7.25. The third kappa shape index (κ3) is 5.32. The van der Waals surface area contributed by atoms with E-state index in [1.807, 2.05) is 11.3 Å². The highest BCUT2D eigenvalue weighted by atomic mass is 32.1. The molecule has 2 nitrogen and oxygen atoms in total. The van der Waals surface area contributed by atoms with Gasteiger partial charge in [0.2, 0.25) is 0 Å². The zero-order chi connectivity index (χ0) is 34.6. The number of thiophene rings is 1. The lowest BCUT2D eigenvalue weighted by molar-refractivity contribution is 0.669. The van der Waals surface area contributed by atoms with Gasteiger partial charge in [0, 0.05) is 31.2 Å². The molecule has 0 saturated carbocycles. The van der Waals surface area contributed by atoms with Crippen molar-refractivity contribution >= 4 is 70.4 Å². The maximum Gasteiger partial charge on any atom is 0.137 e. The number of fused-ring (bicyclic) bond motifs is 6.